The highest BCUT2D eigenvalue weighted by Gasteiger charge is 2.19. The maximum absolute atomic E-state index is 6.16. The molecular formula is C21H25N5O. The first-order valence-electron chi connectivity index (χ1n) is 9.26. The quantitative estimate of drug-likeness (QED) is 0.769. The number of fused-ring (bicyclic) bond motifs is 1. The smallest absolute Gasteiger partial charge is 0.145 e. The molecule has 0 unspecified atom stereocenters. The third-order valence-electron chi connectivity index (χ3n) is 5.10. The van der Waals surface area contributed by atoms with Crippen molar-refractivity contribution in [2.75, 3.05) is 43.9 Å². The molecule has 0 amide bonds. The normalized spacial score (nSPS) is 15.3. The number of anilines is 2. The predicted molar refractivity (Wildman–Crippen MR) is 109 cm³/mol. The van der Waals surface area contributed by atoms with E-state index in [2.05, 4.69) is 39.9 Å². The number of methoxy groups -OCH3 is 1. The molecule has 0 atom stereocenters. The van der Waals surface area contributed by atoms with Crippen LogP contribution in [0.5, 0.6) is 5.75 Å². The molecule has 27 heavy (non-hydrogen) atoms. The Morgan fingerprint density at radius 2 is 1.74 bits per heavy atom. The lowest BCUT2D eigenvalue weighted by Crippen LogP contribution is -2.46. The Labute approximate surface area is 159 Å². The van der Waals surface area contributed by atoms with Crippen LogP contribution < -0.4 is 15.4 Å². The number of aromatic nitrogens is 2. The van der Waals surface area contributed by atoms with Gasteiger partial charge in [-0.25, -0.2) is 9.97 Å². The molecule has 6 nitrogen and oxygen atoms in total. The van der Waals surface area contributed by atoms with E-state index in [-0.39, 0.29) is 0 Å². The number of ether oxygens (including phenoxy) is 1. The Morgan fingerprint density at radius 1 is 1.00 bits per heavy atom. The zero-order valence-electron chi connectivity index (χ0n) is 15.9. The van der Waals surface area contributed by atoms with Crippen LogP contribution in [0.15, 0.2) is 42.5 Å². The molecule has 4 rings (SSSR count). The Kier molecular flexibility index (Phi) is 4.81. The van der Waals surface area contributed by atoms with Gasteiger partial charge in [-0.3, -0.25) is 4.90 Å². The lowest BCUT2D eigenvalue weighted by molar-refractivity contribution is 0.244. The summed E-state index contributed by atoms with van der Waals surface area (Å²) in [6.45, 7) is 6.69. The largest absolute Gasteiger partial charge is 0.497 e. The van der Waals surface area contributed by atoms with Gasteiger partial charge in [-0.05, 0) is 43.3 Å². The summed E-state index contributed by atoms with van der Waals surface area (Å²) < 4.78 is 5.24. The molecule has 140 valence electrons. The van der Waals surface area contributed by atoms with Gasteiger partial charge in [0.05, 0.1) is 19.2 Å². The number of nitrogens with zero attached hydrogens (tertiary/aromatic N) is 4. The molecule has 0 spiro atoms. The van der Waals surface area contributed by atoms with Crippen LogP contribution in [0, 0.1) is 6.92 Å². The monoisotopic (exact) mass is 363 g/mol. The fraction of sp³-hybridized carbons (Fsp3) is 0.333. The van der Waals surface area contributed by atoms with E-state index in [0.717, 1.165) is 55.2 Å². The summed E-state index contributed by atoms with van der Waals surface area (Å²) in [6.07, 6.45) is 0. The predicted octanol–water partition coefficient (Wildman–Crippen LogP) is 2.85. The Balaban J connectivity index is 1.41. The van der Waals surface area contributed by atoms with E-state index in [1.807, 2.05) is 24.3 Å². The number of hydrogen-bond acceptors (Lipinski definition) is 6. The number of benzene rings is 2. The first-order valence-corrected chi connectivity index (χ1v) is 9.26. The molecular weight excluding hydrogens is 338 g/mol. The van der Waals surface area contributed by atoms with Crippen LogP contribution in [0.25, 0.3) is 10.9 Å². The van der Waals surface area contributed by atoms with Crippen molar-refractivity contribution >= 4 is 22.4 Å². The number of hydrogen-bond donors (Lipinski definition) is 1. The molecule has 1 fully saturated rings. The van der Waals surface area contributed by atoms with Crippen LogP contribution in [0.1, 0.15) is 11.4 Å². The van der Waals surface area contributed by atoms with Crippen molar-refractivity contribution < 1.29 is 4.74 Å². The van der Waals surface area contributed by atoms with Crippen LogP contribution in [0.4, 0.5) is 11.5 Å². The van der Waals surface area contributed by atoms with Crippen molar-refractivity contribution in [3.05, 3.63) is 53.9 Å². The van der Waals surface area contributed by atoms with Crippen LogP contribution in [0.2, 0.25) is 0 Å². The second-order valence-electron chi connectivity index (χ2n) is 7.01. The molecule has 2 heterocycles. The molecule has 0 radical (unpaired) electrons. The molecule has 0 saturated carbocycles. The van der Waals surface area contributed by atoms with Crippen molar-refractivity contribution in [1.82, 2.24) is 14.9 Å². The summed E-state index contributed by atoms with van der Waals surface area (Å²) in [6, 6.07) is 14.4. The highest BCUT2D eigenvalue weighted by atomic mass is 16.5. The SMILES string of the molecule is COc1ccc(N2CCN(Cc3nc(N)c4cc(C)ccc4n3)CC2)cc1. The maximum atomic E-state index is 6.16. The molecule has 1 aliphatic rings. The van der Waals surface area contributed by atoms with Gasteiger partial charge in [0.2, 0.25) is 0 Å². The fourth-order valence-corrected chi connectivity index (χ4v) is 3.54. The molecule has 1 aliphatic heterocycles. The highest BCUT2D eigenvalue weighted by molar-refractivity contribution is 5.88. The Hall–Kier alpha value is -2.86. The van der Waals surface area contributed by atoms with Gasteiger partial charge in [0.15, 0.2) is 0 Å². The summed E-state index contributed by atoms with van der Waals surface area (Å²) in [7, 11) is 1.69. The molecule has 0 aliphatic carbocycles. The van der Waals surface area contributed by atoms with E-state index < -0.39 is 0 Å². The average molecular weight is 363 g/mol. The topological polar surface area (TPSA) is 67.5 Å². The van der Waals surface area contributed by atoms with Gasteiger partial charge >= 0.3 is 0 Å². The third-order valence-corrected chi connectivity index (χ3v) is 5.10. The minimum atomic E-state index is 0.565. The second kappa shape index (κ2) is 7.40. The van der Waals surface area contributed by atoms with Gasteiger partial charge in [-0.15, -0.1) is 0 Å². The van der Waals surface area contributed by atoms with E-state index >= 15 is 0 Å². The lowest BCUT2D eigenvalue weighted by atomic mass is 10.1. The number of piperazine rings is 1. The second-order valence-corrected chi connectivity index (χ2v) is 7.01. The van der Waals surface area contributed by atoms with Crippen molar-refractivity contribution in [1.29, 1.82) is 0 Å². The average Bonchev–Trinajstić information content (AvgIpc) is 2.69. The zero-order valence-corrected chi connectivity index (χ0v) is 15.9. The van der Waals surface area contributed by atoms with E-state index in [4.69, 9.17) is 15.5 Å². The first kappa shape index (κ1) is 17.5. The van der Waals surface area contributed by atoms with Crippen LogP contribution in [-0.2, 0) is 6.54 Å². The summed E-state index contributed by atoms with van der Waals surface area (Å²) in [4.78, 5) is 14.0. The van der Waals surface area contributed by atoms with E-state index in [1.165, 1.54) is 11.3 Å². The van der Waals surface area contributed by atoms with Gasteiger partial charge in [-0.1, -0.05) is 11.6 Å². The van der Waals surface area contributed by atoms with Gasteiger partial charge in [0, 0.05) is 37.3 Å². The van der Waals surface area contributed by atoms with Crippen molar-refractivity contribution in [3.8, 4) is 5.75 Å². The summed E-state index contributed by atoms with van der Waals surface area (Å²) in [5.41, 5.74) is 9.48. The zero-order chi connectivity index (χ0) is 18.8. The lowest BCUT2D eigenvalue weighted by Gasteiger charge is -2.35. The summed E-state index contributed by atoms with van der Waals surface area (Å²) in [5.74, 6) is 2.25. The molecule has 0 bridgehead atoms. The van der Waals surface area contributed by atoms with Crippen LogP contribution in [0.3, 0.4) is 0 Å². The van der Waals surface area contributed by atoms with Gasteiger partial charge in [0.25, 0.3) is 0 Å². The minimum absolute atomic E-state index is 0.565. The van der Waals surface area contributed by atoms with Crippen molar-refractivity contribution in [3.63, 3.8) is 0 Å². The molecule has 6 heteroatoms. The molecule has 2 N–H and O–H groups in total. The summed E-state index contributed by atoms with van der Waals surface area (Å²) in [5, 5.41) is 0.933. The van der Waals surface area contributed by atoms with E-state index in [9.17, 15) is 0 Å². The molecule has 2 aromatic carbocycles. The fourth-order valence-electron chi connectivity index (χ4n) is 3.54. The highest BCUT2D eigenvalue weighted by Crippen LogP contribution is 2.22. The van der Waals surface area contributed by atoms with Crippen LogP contribution >= 0.6 is 0 Å². The number of nitrogen functional groups attached to an aromatic ring is 1. The number of aryl methyl sites for hydroxylation is 1. The van der Waals surface area contributed by atoms with E-state index in [1.54, 1.807) is 7.11 Å². The van der Waals surface area contributed by atoms with E-state index in [0.29, 0.717) is 5.82 Å². The summed E-state index contributed by atoms with van der Waals surface area (Å²) >= 11 is 0. The number of nitrogens with two attached hydrogens (primary N) is 1. The van der Waals surface area contributed by atoms with Gasteiger partial charge in [-0.2, -0.15) is 0 Å². The maximum Gasteiger partial charge on any atom is 0.145 e. The first-order chi connectivity index (χ1) is 13.1. The minimum Gasteiger partial charge on any atom is -0.497 e. The van der Waals surface area contributed by atoms with Gasteiger partial charge < -0.3 is 15.4 Å². The Bertz CT molecular complexity index is 933. The molecule has 3 aromatic rings. The van der Waals surface area contributed by atoms with Crippen molar-refractivity contribution in [2.24, 2.45) is 0 Å². The Morgan fingerprint density at radius 3 is 2.44 bits per heavy atom. The number of rotatable bonds is 4. The standard InChI is InChI=1S/C21H25N5O/c1-15-3-8-19-18(13-15)21(22)24-20(23-19)14-25-9-11-26(12-10-25)16-4-6-17(27-2)7-5-16/h3-8,13H,9-12,14H2,1-2H3,(H2,22,23,24). The van der Waals surface area contributed by atoms with Gasteiger partial charge in [0.1, 0.15) is 17.4 Å². The van der Waals surface area contributed by atoms with Crippen molar-refractivity contribution in [2.45, 2.75) is 13.5 Å². The third kappa shape index (κ3) is 3.80. The molecule has 1 aromatic heterocycles. The molecule has 1 saturated heterocycles. The van der Waals surface area contributed by atoms with Crippen LogP contribution in [-0.4, -0.2) is 48.2 Å².